The Bertz CT molecular complexity index is 435. The molecule has 92 valence electrons. The number of hydrogen-bond acceptors (Lipinski definition) is 2. The average molecular weight is 254 g/mol. The number of carbonyl (C=O) groups excluding carboxylic acids is 1. The van der Waals surface area contributed by atoms with Crippen molar-refractivity contribution in [3.05, 3.63) is 35.1 Å². The molecule has 0 atom stereocenters. The van der Waals surface area contributed by atoms with Gasteiger partial charge in [0.1, 0.15) is 5.82 Å². The first kappa shape index (κ1) is 13.6. The molecule has 3 N–H and O–H groups in total. The van der Waals surface area contributed by atoms with E-state index in [1.54, 1.807) is 13.0 Å². The van der Waals surface area contributed by atoms with Crippen LogP contribution in [0.15, 0.2) is 18.2 Å². The van der Waals surface area contributed by atoms with Gasteiger partial charge in [-0.25, -0.2) is 4.39 Å². The molecular formula is C12H15FN2OS. The van der Waals surface area contributed by atoms with Crippen LogP contribution in [0.2, 0.25) is 0 Å². The molecule has 3 nitrogen and oxygen atoms in total. The highest BCUT2D eigenvalue weighted by molar-refractivity contribution is 7.80. The zero-order chi connectivity index (χ0) is 12.8. The minimum Gasteiger partial charge on any atom is -0.393 e. The molecule has 0 aromatic heterocycles. The Balaban J connectivity index is 2.52. The lowest BCUT2D eigenvalue weighted by Gasteiger charge is -2.07. The fourth-order valence-electron chi connectivity index (χ4n) is 1.40. The van der Waals surface area contributed by atoms with Crippen LogP contribution in [0.3, 0.4) is 0 Å². The summed E-state index contributed by atoms with van der Waals surface area (Å²) in [5.74, 6) is -0.686. The van der Waals surface area contributed by atoms with Crippen molar-refractivity contribution < 1.29 is 9.18 Å². The summed E-state index contributed by atoms with van der Waals surface area (Å²) < 4.78 is 13.0. The monoisotopic (exact) mass is 254 g/mol. The van der Waals surface area contributed by atoms with E-state index < -0.39 is 5.82 Å². The standard InChI is InChI=1S/C12H15FN2OS/c1-8-4-5-9(13)7-10(8)12(16)15-6-2-3-11(14)17/h4-5,7H,2-3,6H2,1H3,(H2,14,17)(H,15,16). The summed E-state index contributed by atoms with van der Waals surface area (Å²) in [6.45, 7) is 2.25. The van der Waals surface area contributed by atoms with Gasteiger partial charge in [0, 0.05) is 12.1 Å². The molecule has 0 saturated carbocycles. The molecule has 0 aliphatic heterocycles. The molecule has 0 spiro atoms. The molecule has 0 bridgehead atoms. The van der Waals surface area contributed by atoms with Crippen molar-refractivity contribution in [2.24, 2.45) is 5.73 Å². The number of aryl methyl sites for hydroxylation is 1. The third kappa shape index (κ3) is 4.48. The molecule has 1 aromatic rings. The van der Waals surface area contributed by atoms with Gasteiger partial charge in [0.2, 0.25) is 0 Å². The van der Waals surface area contributed by atoms with Crippen LogP contribution < -0.4 is 11.1 Å². The predicted octanol–water partition coefficient (Wildman–Crippen LogP) is 1.93. The Morgan fingerprint density at radius 1 is 1.53 bits per heavy atom. The molecule has 0 fully saturated rings. The molecule has 0 unspecified atom stereocenters. The number of nitrogens with one attached hydrogen (secondary N) is 1. The van der Waals surface area contributed by atoms with Gasteiger partial charge in [0.15, 0.2) is 0 Å². The second-order valence-electron chi connectivity index (χ2n) is 3.79. The number of amides is 1. The summed E-state index contributed by atoms with van der Waals surface area (Å²) in [5.41, 5.74) is 6.44. The van der Waals surface area contributed by atoms with E-state index in [9.17, 15) is 9.18 Å². The summed E-state index contributed by atoms with van der Waals surface area (Å²) in [5, 5.41) is 2.70. The van der Waals surface area contributed by atoms with Gasteiger partial charge in [-0.3, -0.25) is 4.79 Å². The molecule has 17 heavy (non-hydrogen) atoms. The maximum Gasteiger partial charge on any atom is 0.251 e. The summed E-state index contributed by atoms with van der Waals surface area (Å²) in [4.78, 5) is 12.2. The molecule has 0 aliphatic carbocycles. The molecule has 5 heteroatoms. The second kappa shape index (κ2) is 6.30. The highest BCUT2D eigenvalue weighted by atomic mass is 32.1. The second-order valence-corrected chi connectivity index (χ2v) is 4.31. The first-order valence-electron chi connectivity index (χ1n) is 5.33. The number of hydrogen-bond donors (Lipinski definition) is 2. The average Bonchev–Trinajstić information content (AvgIpc) is 2.27. The van der Waals surface area contributed by atoms with Gasteiger partial charge < -0.3 is 11.1 Å². The lowest BCUT2D eigenvalue weighted by Crippen LogP contribution is -2.26. The van der Waals surface area contributed by atoms with Crippen LogP contribution in [0.25, 0.3) is 0 Å². The first-order valence-corrected chi connectivity index (χ1v) is 5.74. The third-order valence-corrected chi connectivity index (χ3v) is 2.53. The summed E-state index contributed by atoms with van der Waals surface area (Å²) in [6.07, 6.45) is 1.28. The first-order chi connectivity index (χ1) is 8.00. The molecule has 1 aromatic carbocycles. The van der Waals surface area contributed by atoms with Crippen molar-refractivity contribution >= 4 is 23.1 Å². The van der Waals surface area contributed by atoms with Gasteiger partial charge in [-0.2, -0.15) is 0 Å². The maximum absolute atomic E-state index is 13.0. The summed E-state index contributed by atoms with van der Waals surface area (Å²) in [6, 6.07) is 4.15. The van der Waals surface area contributed by atoms with E-state index in [0.717, 1.165) is 5.56 Å². The number of halogens is 1. The van der Waals surface area contributed by atoms with Crippen LogP contribution in [0.1, 0.15) is 28.8 Å². The van der Waals surface area contributed by atoms with Crippen molar-refractivity contribution in [2.45, 2.75) is 19.8 Å². The zero-order valence-corrected chi connectivity index (χ0v) is 10.4. The number of benzene rings is 1. The number of thiocarbonyl (C=S) groups is 1. The number of nitrogens with two attached hydrogens (primary N) is 1. The van der Waals surface area contributed by atoms with Gasteiger partial charge >= 0.3 is 0 Å². The Morgan fingerprint density at radius 2 is 2.24 bits per heavy atom. The minimum atomic E-state index is -0.413. The lowest BCUT2D eigenvalue weighted by molar-refractivity contribution is 0.0952. The van der Waals surface area contributed by atoms with Crippen LogP contribution in [-0.2, 0) is 0 Å². The van der Waals surface area contributed by atoms with Crippen molar-refractivity contribution in [1.29, 1.82) is 0 Å². The van der Waals surface area contributed by atoms with E-state index in [0.29, 0.717) is 29.9 Å². The zero-order valence-electron chi connectivity index (χ0n) is 9.63. The summed E-state index contributed by atoms with van der Waals surface area (Å²) >= 11 is 4.72. The van der Waals surface area contributed by atoms with Gasteiger partial charge in [0.05, 0.1) is 4.99 Å². The highest BCUT2D eigenvalue weighted by Gasteiger charge is 2.09. The molecular weight excluding hydrogens is 239 g/mol. The van der Waals surface area contributed by atoms with Crippen molar-refractivity contribution in [3.8, 4) is 0 Å². The van der Waals surface area contributed by atoms with E-state index in [-0.39, 0.29) is 5.91 Å². The third-order valence-electron chi connectivity index (χ3n) is 2.33. The minimum absolute atomic E-state index is 0.273. The van der Waals surface area contributed by atoms with E-state index in [1.165, 1.54) is 12.1 Å². The normalized spacial score (nSPS) is 10.0. The van der Waals surface area contributed by atoms with Crippen molar-refractivity contribution in [2.75, 3.05) is 6.54 Å². The van der Waals surface area contributed by atoms with Crippen molar-refractivity contribution in [1.82, 2.24) is 5.32 Å². The molecule has 0 aliphatic rings. The summed E-state index contributed by atoms with van der Waals surface area (Å²) in [7, 11) is 0. The van der Waals surface area contributed by atoms with Crippen LogP contribution in [-0.4, -0.2) is 17.4 Å². The fraction of sp³-hybridized carbons (Fsp3) is 0.333. The molecule has 0 saturated heterocycles. The Morgan fingerprint density at radius 3 is 2.88 bits per heavy atom. The molecule has 1 rings (SSSR count). The van der Waals surface area contributed by atoms with Crippen LogP contribution >= 0.6 is 12.2 Å². The largest absolute Gasteiger partial charge is 0.393 e. The van der Waals surface area contributed by atoms with E-state index >= 15 is 0 Å². The predicted molar refractivity (Wildman–Crippen MR) is 69.5 cm³/mol. The SMILES string of the molecule is Cc1ccc(F)cc1C(=O)NCCCC(N)=S. The van der Waals surface area contributed by atoms with Gasteiger partial charge in [0.25, 0.3) is 5.91 Å². The highest BCUT2D eigenvalue weighted by Crippen LogP contribution is 2.09. The van der Waals surface area contributed by atoms with E-state index in [2.05, 4.69) is 5.32 Å². The smallest absolute Gasteiger partial charge is 0.251 e. The maximum atomic E-state index is 13.0. The van der Waals surface area contributed by atoms with Crippen LogP contribution in [0.4, 0.5) is 4.39 Å². The lowest BCUT2D eigenvalue weighted by atomic mass is 10.1. The Labute approximate surface area is 105 Å². The van der Waals surface area contributed by atoms with Gasteiger partial charge in [-0.1, -0.05) is 18.3 Å². The fourth-order valence-corrected chi connectivity index (χ4v) is 1.54. The Hall–Kier alpha value is -1.49. The van der Waals surface area contributed by atoms with Gasteiger partial charge in [-0.05, 0) is 37.5 Å². The van der Waals surface area contributed by atoms with E-state index in [1.807, 2.05) is 0 Å². The van der Waals surface area contributed by atoms with Crippen LogP contribution in [0.5, 0.6) is 0 Å². The quantitative estimate of drug-likeness (QED) is 0.623. The van der Waals surface area contributed by atoms with Gasteiger partial charge in [-0.15, -0.1) is 0 Å². The molecule has 0 radical (unpaired) electrons. The van der Waals surface area contributed by atoms with Crippen molar-refractivity contribution in [3.63, 3.8) is 0 Å². The molecule has 1 amide bonds. The van der Waals surface area contributed by atoms with E-state index in [4.69, 9.17) is 18.0 Å². The number of rotatable bonds is 5. The van der Waals surface area contributed by atoms with Crippen LogP contribution in [0, 0.1) is 12.7 Å². The molecule has 0 heterocycles. The topological polar surface area (TPSA) is 55.1 Å². The Kier molecular flexibility index (Phi) is 5.03. The number of carbonyl (C=O) groups is 1.